The summed E-state index contributed by atoms with van der Waals surface area (Å²) in [6.45, 7) is 12.3. The number of esters is 1. The van der Waals surface area contributed by atoms with E-state index in [1.165, 1.54) is 0 Å². The Morgan fingerprint density at radius 2 is 1.88 bits per heavy atom. The van der Waals surface area contributed by atoms with Crippen LogP contribution in [-0.2, 0) is 14.3 Å². The fourth-order valence-corrected chi connectivity index (χ4v) is 4.42. The average Bonchev–Trinajstić information content (AvgIpc) is 3.12. The van der Waals surface area contributed by atoms with Gasteiger partial charge in [-0.15, -0.1) is 0 Å². The summed E-state index contributed by atoms with van der Waals surface area (Å²) < 4.78 is 7.26. The van der Waals surface area contributed by atoms with Crippen molar-refractivity contribution in [2.75, 3.05) is 13.2 Å². The van der Waals surface area contributed by atoms with E-state index < -0.39 is 5.97 Å². The minimum absolute atomic E-state index is 0.190. The number of aromatic nitrogens is 1. The van der Waals surface area contributed by atoms with Crippen molar-refractivity contribution in [1.82, 2.24) is 9.47 Å². The number of rotatable bonds is 6. The molecule has 0 saturated carbocycles. The Labute approximate surface area is 199 Å². The summed E-state index contributed by atoms with van der Waals surface area (Å²) >= 11 is 12.7. The summed E-state index contributed by atoms with van der Waals surface area (Å²) in [6, 6.07) is 7.44. The second-order valence-corrected chi connectivity index (χ2v) is 9.07. The first-order valence-corrected chi connectivity index (χ1v) is 11.4. The van der Waals surface area contributed by atoms with Gasteiger partial charge in [-0.1, -0.05) is 43.1 Å². The highest BCUT2D eigenvalue weighted by molar-refractivity contribution is 6.43. The fourth-order valence-electron chi connectivity index (χ4n) is 4.04. The molecule has 3 rings (SSSR count). The molecule has 0 atom stereocenters. The molecule has 0 radical (unpaired) electrons. The Kier molecular flexibility index (Phi) is 7.21. The SMILES string of the molecule is CCOC(=O)C1=C(C)N(CC(C)C)C(=O)/C1=C/c1cc(C)n(-c2cccc(Cl)c2Cl)c1C. The quantitative estimate of drug-likeness (QED) is 0.374. The van der Waals surface area contributed by atoms with E-state index in [2.05, 4.69) is 0 Å². The maximum Gasteiger partial charge on any atom is 0.340 e. The lowest BCUT2D eigenvalue weighted by Gasteiger charge is -2.19. The third kappa shape index (κ3) is 4.37. The molecule has 0 fully saturated rings. The third-order valence-corrected chi connectivity index (χ3v) is 6.29. The number of amides is 1. The van der Waals surface area contributed by atoms with E-state index in [1.54, 1.807) is 30.9 Å². The molecule has 0 saturated heterocycles. The lowest BCUT2D eigenvalue weighted by Crippen LogP contribution is -2.28. The number of carbonyl (C=O) groups excluding carboxylic acids is 2. The molecule has 1 amide bonds. The van der Waals surface area contributed by atoms with Gasteiger partial charge in [0, 0.05) is 23.6 Å². The van der Waals surface area contributed by atoms with Crippen molar-refractivity contribution >= 4 is 41.2 Å². The molecule has 2 heterocycles. The number of halogens is 2. The van der Waals surface area contributed by atoms with Crippen molar-refractivity contribution in [3.8, 4) is 5.69 Å². The normalized spacial score (nSPS) is 15.5. The van der Waals surface area contributed by atoms with Crippen molar-refractivity contribution in [2.45, 2.75) is 41.5 Å². The van der Waals surface area contributed by atoms with E-state index in [0.29, 0.717) is 33.4 Å². The monoisotopic (exact) mass is 474 g/mol. The molecule has 0 aliphatic carbocycles. The first kappa shape index (κ1) is 24.1. The predicted octanol–water partition coefficient (Wildman–Crippen LogP) is 6.12. The Hall–Kier alpha value is -2.50. The molecule has 0 N–H and O–H groups in total. The van der Waals surface area contributed by atoms with Crippen LogP contribution in [0.15, 0.2) is 41.1 Å². The van der Waals surface area contributed by atoms with Gasteiger partial charge in [-0.25, -0.2) is 4.79 Å². The zero-order valence-electron chi connectivity index (χ0n) is 19.3. The molecule has 32 heavy (non-hydrogen) atoms. The van der Waals surface area contributed by atoms with Crippen LogP contribution < -0.4 is 0 Å². The minimum atomic E-state index is -0.484. The largest absolute Gasteiger partial charge is 0.462 e. The lowest BCUT2D eigenvalue weighted by atomic mass is 10.0. The van der Waals surface area contributed by atoms with Gasteiger partial charge in [0.2, 0.25) is 0 Å². The van der Waals surface area contributed by atoms with Crippen LogP contribution in [0, 0.1) is 19.8 Å². The molecule has 0 unspecified atom stereocenters. The van der Waals surface area contributed by atoms with Gasteiger partial charge in [-0.3, -0.25) is 4.79 Å². The molecular formula is C25H28Cl2N2O3. The van der Waals surface area contributed by atoms with Gasteiger partial charge in [0.05, 0.1) is 33.5 Å². The average molecular weight is 475 g/mol. The lowest BCUT2D eigenvalue weighted by molar-refractivity contribution is -0.138. The van der Waals surface area contributed by atoms with Gasteiger partial charge in [-0.05, 0) is 63.5 Å². The zero-order valence-corrected chi connectivity index (χ0v) is 20.8. The van der Waals surface area contributed by atoms with Crippen LogP contribution in [0.5, 0.6) is 0 Å². The molecule has 1 aliphatic heterocycles. The number of benzene rings is 1. The molecule has 0 spiro atoms. The number of carbonyl (C=O) groups is 2. The van der Waals surface area contributed by atoms with Crippen molar-refractivity contribution in [3.63, 3.8) is 0 Å². The summed E-state index contributed by atoms with van der Waals surface area (Å²) in [5.74, 6) is -0.417. The van der Waals surface area contributed by atoms with Crippen molar-refractivity contribution < 1.29 is 14.3 Å². The highest BCUT2D eigenvalue weighted by atomic mass is 35.5. The second-order valence-electron chi connectivity index (χ2n) is 8.28. The maximum atomic E-state index is 13.3. The van der Waals surface area contributed by atoms with Crippen molar-refractivity contribution in [1.29, 1.82) is 0 Å². The van der Waals surface area contributed by atoms with E-state index >= 15 is 0 Å². The molecular weight excluding hydrogens is 447 g/mol. The Bertz CT molecular complexity index is 1140. The summed E-state index contributed by atoms with van der Waals surface area (Å²) in [5.41, 5.74) is 4.69. The molecule has 1 aromatic heterocycles. The van der Waals surface area contributed by atoms with Crippen LogP contribution in [-0.4, -0.2) is 34.5 Å². The smallest absolute Gasteiger partial charge is 0.340 e. The van der Waals surface area contributed by atoms with Crippen LogP contribution >= 0.6 is 23.2 Å². The van der Waals surface area contributed by atoms with E-state index in [0.717, 1.165) is 22.6 Å². The summed E-state index contributed by atoms with van der Waals surface area (Å²) in [7, 11) is 0. The van der Waals surface area contributed by atoms with E-state index in [-0.39, 0.29) is 18.4 Å². The number of aryl methyl sites for hydroxylation is 1. The van der Waals surface area contributed by atoms with Crippen LogP contribution in [0.25, 0.3) is 11.8 Å². The minimum Gasteiger partial charge on any atom is -0.462 e. The molecule has 2 aromatic rings. The first-order valence-electron chi connectivity index (χ1n) is 10.6. The number of allylic oxidation sites excluding steroid dienone is 1. The number of nitrogens with zero attached hydrogens (tertiary/aromatic N) is 2. The predicted molar refractivity (Wildman–Crippen MR) is 129 cm³/mol. The van der Waals surface area contributed by atoms with Crippen LogP contribution in [0.1, 0.15) is 44.6 Å². The number of hydrogen-bond acceptors (Lipinski definition) is 3. The van der Waals surface area contributed by atoms with Gasteiger partial charge in [-0.2, -0.15) is 0 Å². The summed E-state index contributed by atoms with van der Waals surface area (Å²) in [6.07, 6.45) is 1.77. The molecule has 7 heteroatoms. The summed E-state index contributed by atoms with van der Waals surface area (Å²) in [4.78, 5) is 27.7. The van der Waals surface area contributed by atoms with E-state index in [4.69, 9.17) is 27.9 Å². The van der Waals surface area contributed by atoms with Crippen LogP contribution in [0.3, 0.4) is 0 Å². The molecule has 1 aromatic carbocycles. The molecule has 170 valence electrons. The standard InChI is InChI=1S/C25H28Cl2N2O3/c1-7-32-25(31)22-17(6)28(13-14(2)3)24(30)19(22)12-18-11-15(4)29(16(18)5)21-10-8-9-20(26)23(21)27/h8-12,14H,7,13H2,1-6H3/b19-12+. The van der Waals surface area contributed by atoms with Crippen molar-refractivity contribution in [2.24, 2.45) is 5.92 Å². The summed E-state index contributed by atoms with van der Waals surface area (Å²) in [5, 5.41) is 0.924. The van der Waals surface area contributed by atoms with E-state index in [1.807, 2.05) is 50.5 Å². The van der Waals surface area contributed by atoms with Gasteiger partial charge in [0.15, 0.2) is 0 Å². The highest BCUT2D eigenvalue weighted by Gasteiger charge is 2.37. The fraction of sp³-hybridized carbons (Fsp3) is 0.360. The first-order chi connectivity index (χ1) is 15.1. The second kappa shape index (κ2) is 9.55. The van der Waals surface area contributed by atoms with Gasteiger partial charge < -0.3 is 14.2 Å². The Balaban J connectivity index is 2.15. The third-order valence-electron chi connectivity index (χ3n) is 5.48. The molecule has 0 bridgehead atoms. The van der Waals surface area contributed by atoms with Gasteiger partial charge in [0.25, 0.3) is 5.91 Å². The molecule has 5 nitrogen and oxygen atoms in total. The molecule has 1 aliphatic rings. The Morgan fingerprint density at radius 3 is 2.50 bits per heavy atom. The number of hydrogen-bond donors (Lipinski definition) is 0. The van der Waals surface area contributed by atoms with Gasteiger partial charge in [0.1, 0.15) is 0 Å². The highest BCUT2D eigenvalue weighted by Crippen LogP contribution is 2.35. The van der Waals surface area contributed by atoms with Gasteiger partial charge >= 0.3 is 5.97 Å². The number of ether oxygens (including phenoxy) is 1. The Morgan fingerprint density at radius 1 is 1.19 bits per heavy atom. The maximum absolute atomic E-state index is 13.3. The van der Waals surface area contributed by atoms with Crippen molar-refractivity contribution in [3.05, 3.63) is 68.1 Å². The zero-order chi connectivity index (χ0) is 23.7. The van der Waals surface area contributed by atoms with Crippen LogP contribution in [0.4, 0.5) is 0 Å². The van der Waals surface area contributed by atoms with E-state index in [9.17, 15) is 9.59 Å². The van der Waals surface area contributed by atoms with Crippen LogP contribution in [0.2, 0.25) is 10.0 Å². The topological polar surface area (TPSA) is 51.5 Å².